The molecule has 0 radical (unpaired) electrons. The van der Waals surface area contributed by atoms with Crippen molar-refractivity contribution in [3.05, 3.63) is 90.0 Å². The standard InChI is InChI=1S/C24H22F3N3O/c1-15(22-13-30(2)14-28-22)29-23(31)18-8-11-21-17(12-18)4-3-5-20(21)16-6-9-19(10-7-16)24(25,26)27/h3-15,23,29,31H,1-2H3. The van der Waals surface area contributed by atoms with E-state index < -0.39 is 18.0 Å². The lowest BCUT2D eigenvalue weighted by Crippen LogP contribution is -2.24. The molecule has 4 rings (SSSR count). The van der Waals surface area contributed by atoms with Crippen LogP contribution in [-0.4, -0.2) is 14.7 Å². The molecule has 0 saturated heterocycles. The van der Waals surface area contributed by atoms with Gasteiger partial charge < -0.3 is 9.67 Å². The summed E-state index contributed by atoms with van der Waals surface area (Å²) in [5, 5.41) is 15.6. The number of aryl methyl sites for hydroxylation is 1. The summed E-state index contributed by atoms with van der Waals surface area (Å²) in [5.74, 6) is 0. The van der Waals surface area contributed by atoms with Crippen molar-refractivity contribution in [2.45, 2.75) is 25.4 Å². The molecule has 0 bridgehead atoms. The van der Waals surface area contributed by atoms with Gasteiger partial charge in [-0.1, -0.05) is 42.5 Å². The van der Waals surface area contributed by atoms with Gasteiger partial charge in [-0.25, -0.2) is 4.98 Å². The minimum atomic E-state index is -4.36. The lowest BCUT2D eigenvalue weighted by molar-refractivity contribution is -0.137. The van der Waals surface area contributed by atoms with Gasteiger partial charge in [-0.3, -0.25) is 5.32 Å². The van der Waals surface area contributed by atoms with Crippen molar-refractivity contribution in [2.75, 3.05) is 0 Å². The maximum absolute atomic E-state index is 12.9. The molecule has 4 nitrogen and oxygen atoms in total. The van der Waals surface area contributed by atoms with E-state index in [1.807, 2.05) is 61.1 Å². The highest BCUT2D eigenvalue weighted by Crippen LogP contribution is 2.34. The Kier molecular flexibility index (Phi) is 5.56. The van der Waals surface area contributed by atoms with E-state index in [1.54, 1.807) is 6.33 Å². The highest BCUT2D eigenvalue weighted by molar-refractivity contribution is 5.97. The Balaban J connectivity index is 1.60. The number of aliphatic hydroxyl groups is 1. The first-order chi connectivity index (χ1) is 14.7. The molecule has 1 aromatic heterocycles. The predicted molar refractivity (Wildman–Crippen MR) is 114 cm³/mol. The van der Waals surface area contributed by atoms with Gasteiger partial charge in [0.1, 0.15) is 6.23 Å². The summed E-state index contributed by atoms with van der Waals surface area (Å²) >= 11 is 0. The van der Waals surface area contributed by atoms with Gasteiger partial charge in [0.25, 0.3) is 0 Å². The average molecular weight is 425 g/mol. The first kappa shape index (κ1) is 21.1. The van der Waals surface area contributed by atoms with Crippen molar-refractivity contribution in [3.8, 4) is 11.1 Å². The van der Waals surface area contributed by atoms with Crippen LogP contribution < -0.4 is 5.32 Å². The van der Waals surface area contributed by atoms with Crippen LogP contribution in [0.5, 0.6) is 0 Å². The molecule has 3 aromatic carbocycles. The molecule has 0 aliphatic heterocycles. The molecule has 0 amide bonds. The van der Waals surface area contributed by atoms with Crippen LogP contribution in [0, 0.1) is 0 Å². The van der Waals surface area contributed by atoms with Crippen LogP contribution in [0.2, 0.25) is 0 Å². The summed E-state index contributed by atoms with van der Waals surface area (Å²) in [5.41, 5.74) is 2.39. The van der Waals surface area contributed by atoms with E-state index >= 15 is 0 Å². The van der Waals surface area contributed by atoms with Gasteiger partial charge in [-0.05, 0) is 52.6 Å². The summed E-state index contributed by atoms with van der Waals surface area (Å²) in [4.78, 5) is 4.30. The highest BCUT2D eigenvalue weighted by Gasteiger charge is 2.30. The molecule has 1 heterocycles. The van der Waals surface area contributed by atoms with Gasteiger partial charge in [0.15, 0.2) is 0 Å². The number of halogens is 3. The van der Waals surface area contributed by atoms with Gasteiger partial charge in [0.2, 0.25) is 0 Å². The fraction of sp³-hybridized carbons (Fsp3) is 0.208. The second-order valence-electron chi connectivity index (χ2n) is 7.62. The zero-order chi connectivity index (χ0) is 22.2. The Morgan fingerprint density at radius 3 is 2.42 bits per heavy atom. The number of aromatic nitrogens is 2. The third-order valence-corrected chi connectivity index (χ3v) is 5.32. The molecule has 0 spiro atoms. The SMILES string of the molecule is CC(NC(O)c1ccc2c(-c3ccc(C(F)(F)F)cc3)cccc2c1)c1cn(C)cn1. The smallest absolute Gasteiger partial charge is 0.374 e. The molecule has 7 heteroatoms. The maximum atomic E-state index is 12.9. The lowest BCUT2D eigenvalue weighted by Gasteiger charge is -2.19. The van der Waals surface area contributed by atoms with Gasteiger partial charge in [0, 0.05) is 13.2 Å². The second kappa shape index (κ2) is 8.17. The van der Waals surface area contributed by atoms with Crippen LogP contribution in [0.25, 0.3) is 21.9 Å². The fourth-order valence-electron chi connectivity index (χ4n) is 3.64. The van der Waals surface area contributed by atoms with E-state index in [0.29, 0.717) is 11.1 Å². The van der Waals surface area contributed by atoms with E-state index in [1.165, 1.54) is 12.1 Å². The van der Waals surface area contributed by atoms with Crippen molar-refractivity contribution in [2.24, 2.45) is 7.05 Å². The first-order valence-electron chi connectivity index (χ1n) is 9.84. The monoisotopic (exact) mass is 425 g/mol. The molecule has 0 aliphatic rings. The minimum absolute atomic E-state index is 0.148. The van der Waals surface area contributed by atoms with Crippen molar-refractivity contribution in [3.63, 3.8) is 0 Å². The van der Waals surface area contributed by atoms with E-state index in [-0.39, 0.29) is 6.04 Å². The number of hydrogen-bond donors (Lipinski definition) is 2. The number of alkyl halides is 3. The molecular formula is C24H22F3N3O. The normalized spacial score (nSPS) is 14.0. The van der Waals surface area contributed by atoms with Crippen LogP contribution >= 0.6 is 0 Å². The molecule has 4 aromatic rings. The molecule has 31 heavy (non-hydrogen) atoms. The number of nitrogens with zero attached hydrogens (tertiary/aromatic N) is 2. The van der Waals surface area contributed by atoms with E-state index in [2.05, 4.69) is 10.3 Å². The van der Waals surface area contributed by atoms with Crippen molar-refractivity contribution >= 4 is 10.8 Å². The molecule has 0 fully saturated rings. The Morgan fingerprint density at radius 2 is 1.77 bits per heavy atom. The van der Waals surface area contributed by atoms with Crippen LogP contribution in [0.3, 0.4) is 0 Å². The van der Waals surface area contributed by atoms with Crippen molar-refractivity contribution < 1.29 is 18.3 Å². The number of rotatable bonds is 5. The van der Waals surface area contributed by atoms with Crippen LogP contribution in [-0.2, 0) is 13.2 Å². The number of nitrogens with one attached hydrogen (secondary N) is 1. The average Bonchev–Trinajstić information content (AvgIpc) is 3.19. The van der Waals surface area contributed by atoms with Crippen LogP contribution in [0.4, 0.5) is 13.2 Å². The number of aliphatic hydroxyl groups excluding tert-OH is 1. The molecular weight excluding hydrogens is 403 g/mol. The molecule has 2 unspecified atom stereocenters. The zero-order valence-electron chi connectivity index (χ0n) is 17.1. The first-order valence-corrected chi connectivity index (χ1v) is 9.84. The molecule has 0 aliphatic carbocycles. The number of fused-ring (bicyclic) bond motifs is 1. The second-order valence-corrected chi connectivity index (χ2v) is 7.62. The summed E-state index contributed by atoms with van der Waals surface area (Å²) in [6.07, 6.45) is -1.65. The molecule has 160 valence electrons. The third kappa shape index (κ3) is 4.47. The van der Waals surface area contributed by atoms with Crippen LogP contribution in [0.15, 0.2) is 73.2 Å². The highest BCUT2D eigenvalue weighted by atomic mass is 19.4. The quantitative estimate of drug-likeness (QED) is 0.409. The Morgan fingerprint density at radius 1 is 1.03 bits per heavy atom. The zero-order valence-corrected chi connectivity index (χ0v) is 17.1. The number of imidazole rings is 1. The topological polar surface area (TPSA) is 50.1 Å². The summed E-state index contributed by atoms with van der Waals surface area (Å²) < 4.78 is 40.4. The van der Waals surface area contributed by atoms with Gasteiger partial charge in [-0.15, -0.1) is 0 Å². The van der Waals surface area contributed by atoms with Gasteiger partial charge in [-0.2, -0.15) is 13.2 Å². The van der Waals surface area contributed by atoms with Crippen molar-refractivity contribution in [1.82, 2.24) is 14.9 Å². The van der Waals surface area contributed by atoms with Gasteiger partial charge >= 0.3 is 6.18 Å². The van der Waals surface area contributed by atoms with Gasteiger partial charge in [0.05, 0.1) is 23.6 Å². The molecule has 0 saturated carbocycles. The molecule has 2 N–H and O–H groups in total. The predicted octanol–water partition coefficient (Wildman–Crippen LogP) is 5.60. The van der Waals surface area contributed by atoms with E-state index in [0.717, 1.165) is 34.2 Å². The number of benzene rings is 3. The lowest BCUT2D eigenvalue weighted by atomic mass is 9.96. The van der Waals surface area contributed by atoms with Crippen molar-refractivity contribution in [1.29, 1.82) is 0 Å². The van der Waals surface area contributed by atoms with Crippen LogP contribution in [0.1, 0.15) is 36.0 Å². The Bertz CT molecular complexity index is 1200. The minimum Gasteiger partial charge on any atom is -0.374 e. The Labute approximate surface area is 178 Å². The summed E-state index contributed by atoms with van der Waals surface area (Å²) in [6, 6.07) is 16.2. The number of hydrogen-bond acceptors (Lipinski definition) is 3. The maximum Gasteiger partial charge on any atom is 0.416 e. The van der Waals surface area contributed by atoms with E-state index in [9.17, 15) is 18.3 Å². The summed E-state index contributed by atoms with van der Waals surface area (Å²) in [7, 11) is 1.89. The van der Waals surface area contributed by atoms with E-state index in [4.69, 9.17) is 0 Å². The molecule has 2 atom stereocenters. The Hall–Kier alpha value is -3.16. The largest absolute Gasteiger partial charge is 0.416 e. The summed E-state index contributed by atoms with van der Waals surface area (Å²) in [6.45, 7) is 1.93. The fourth-order valence-corrected chi connectivity index (χ4v) is 3.64. The third-order valence-electron chi connectivity index (χ3n) is 5.32.